The van der Waals surface area contributed by atoms with E-state index in [-0.39, 0.29) is 19.3 Å². The van der Waals surface area contributed by atoms with Gasteiger partial charge in [-0.2, -0.15) is 0 Å². The van der Waals surface area contributed by atoms with Crippen molar-refractivity contribution in [2.24, 2.45) is 0 Å². The Kier molecular flexibility index (Phi) is 71.9. The van der Waals surface area contributed by atoms with Gasteiger partial charge in [-0.15, -0.1) is 0 Å². The van der Waals surface area contributed by atoms with Crippen molar-refractivity contribution in [3.63, 3.8) is 0 Å². The number of phosphoric acid groups is 2. The van der Waals surface area contributed by atoms with Gasteiger partial charge in [-0.3, -0.25) is 32.5 Å². The molecule has 0 heterocycles. The monoisotopic (exact) mass is 1470 g/mol. The number of hydrogen-bond acceptors (Lipinski definition) is 14. The second-order valence-corrected chi connectivity index (χ2v) is 27.9. The average Bonchev–Trinajstić information content (AvgIpc) is 0.918. The molecule has 0 rings (SSSR count). The van der Waals surface area contributed by atoms with Crippen molar-refractivity contribution in [1.82, 2.24) is 0 Å². The molecule has 18 heteroatoms. The van der Waals surface area contributed by atoms with Crippen molar-refractivity contribution in [3.05, 3.63) is 194 Å². The molecule has 0 saturated heterocycles. The van der Waals surface area contributed by atoms with Crippen LogP contribution in [0, 0.1) is 0 Å². The number of unbranched alkanes of at least 4 members (excludes halogenated alkanes) is 16. The summed E-state index contributed by atoms with van der Waals surface area (Å²) in [5.74, 6) is -1.69. The summed E-state index contributed by atoms with van der Waals surface area (Å²) in [7, 11) is -9.83. The molecule has 4 N–H and O–H groups in total. The summed E-state index contributed by atoms with van der Waals surface area (Å²) in [5.41, 5.74) is 0. The third kappa shape index (κ3) is 77.3. The van der Waals surface area contributed by atoms with Gasteiger partial charge in [-0.25, -0.2) is 9.13 Å². The van der Waals surface area contributed by atoms with Crippen LogP contribution in [0.15, 0.2) is 194 Å². The number of esters is 3. The summed E-state index contributed by atoms with van der Waals surface area (Å²) >= 11 is 0. The Morgan fingerprint density at radius 2 is 0.495 bits per heavy atom. The Morgan fingerprint density at radius 1 is 0.272 bits per heavy atom. The number of rotatable bonds is 71. The Hall–Kier alpha value is -5.61. The molecule has 582 valence electrons. The summed E-state index contributed by atoms with van der Waals surface area (Å²) in [6.45, 7) is 2.21. The lowest BCUT2D eigenvalue weighted by atomic mass is 10.0. The molecule has 0 radical (unpaired) electrons. The van der Waals surface area contributed by atoms with Crippen molar-refractivity contribution < 1.29 is 75.8 Å². The minimum Gasteiger partial charge on any atom is -0.463 e. The molecule has 0 aliphatic heterocycles. The van der Waals surface area contributed by atoms with Crippen molar-refractivity contribution in [1.29, 1.82) is 0 Å². The molecule has 0 aromatic heterocycles. The molecule has 0 saturated carbocycles. The highest BCUT2D eigenvalue weighted by Gasteiger charge is 2.29. The minimum absolute atomic E-state index is 0.0120. The van der Waals surface area contributed by atoms with Gasteiger partial charge in [0, 0.05) is 19.3 Å². The Morgan fingerprint density at radius 3 is 0.796 bits per heavy atom. The second kappa shape index (κ2) is 76.1. The average molecular weight is 1480 g/mol. The molecule has 0 aliphatic rings. The summed E-state index contributed by atoms with van der Waals surface area (Å²) in [5, 5.41) is 20.6. The Bertz CT molecular complexity index is 2650. The Balaban J connectivity index is 4.69. The van der Waals surface area contributed by atoms with Gasteiger partial charge < -0.3 is 34.2 Å². The van der Waals surface area contributed by atoms with Crippen LogP contribution in [-0.2, 0) is 55.8 Å². The van der Waals surface area contributed by atoms with E-state index in [2.05, 4.69) is 203 Å². The quantitative estimate of drug-likeness (QED) is 0.0146. The number of phosphoric ester groups is 2. The first-order valence-corrected chi connectivity index (χ1v) is 41.7. The van der Waals surface area contributed by atoms with Crippen LogP contribution in [0.2, 0.25) is 0 Å². The normalized spacial score (nSPS) is 15.1. The van der Waals surface area contributed by atoms with Gasteiger partial charge in [0.1, 0.15) is 25.4 Å². The number of carbonyl (C=O) groups is 3. The van der Waals surface area contributed by atoms with Crippen LogP contribution in [0.4, 0.5) is 0 Å². The van der Waals surface area contributed by atoms with Gasteiger partial charge in [-0.05, 0) is 154 Å². The van der Waals surface area contributed by atoms with Crippen LogP contribution < -0.4 is 0 Å². The molecule has 103 heavy (non-hydrogen) atoms. The first-order valence-electron chi connectivity index (χ1n) is 38.7. The maximum atomic E-state index is 13.0. The van der Waals surface area contributed by atoms with Gasteiger partial charge in [0.2, 0.25) is 0 Å². The third-order valence-corrected chi connectivity index (χ3v) is 17.2. The predicted octanol–water partition coefficient (Wildman–Crippen LogP) is 22.8. The van der Waals surface area contributed by atoms with Crippen molar-refractivity contribution >= 4 is 33.6 Å². The summed E-state index contributed by atoms with van der Waals surface area (Å²) in [6, 6.07) is 0. The van der Waals surface area contributed by atoms with E-state index in [1.54, 1.807) is 0 Å². The maximum Gasteiger partial charge on any atom is 0.472 e. The number of hydrogen-bond donors (Lipinski definition) is 4. The standard InChI is InChI=1S/C85H136O16P2/c1-4-7-10-13-16-19-22-25-28-31-33-35-37-38-39-40-42-44-45-48-50-53-56-59-62-65-68-71-83(88)95-74-80(86)75-97-102(91,92)98-76-81(87)77-99-103(93,94)100-79-82(101-85(90)73-70-67-64-61-58-55-52-47-30-27-24-21-18-15-12-9-6-3)78-96-84(89)72-69-66-63-60-57-54-51-49-46-43-41-36-34-32-29-26-23-20-17-14-11-8-5-2/h7-12,16-21,25-30,33-36,38-39,43,46,51-52,54-55,61,64,80-82,86-87H,4-6,13-15,22-24,31-32,37,40-42,44-45,47-50,53,56-60,62-63,65-79H2,1-3H3,(H,91,92)(H,93,94)/b10-7-,11-8-,12-9-,19-16-,20-17-,21-18-,28-25-,29-26-,30-27-,35-33-,36-34-,39-38-,46-43-,54-51-,55-52-,64-61-. The zero-order valence-corrected chi connectivity index (χ0v) is 65.2. The molecule has 5 atom stereocenters. The molecule has 0 bridgehead atoms. The van der Waals surface area contributed by atoms with Gasteiger partial charge >= 0.3 is 33.6 Å². The minimum atomic E-state index is -4.96. The van der Waals surface area contributed by atoms with Crippen LogP contribution in [0.3, 0.4) is 0 Å². The molecular weight excluding hydrogens is 1340 g/mol. The molecule has 0 aromatic rings. The van der Waals surface area contributed by atoms with E-state index in [9.17, 15) is 43.5 Å². The number of carbonyl (C=O) groups excluding carboxylic acids is 3. The smallest absolute Gasteiger partial charge is 0.463 e. The van der Waals surface area contributed by atoms with Crippen LogP contribution in [0.1, 0.15) is 265 Å². The molecule has 0 fully saturated rings. The number of ether oxygens (including phenoxy) is 3. The fraction of sp³-hybridized carbons (Fsp3) is 0.588. The second-order valence-electron chi connectivity index (χ2n) is 25.0. The first kappa shape index (κ1) is 97.4. The van der Waals surface area contributed by atoms with E-state index in [0.717, 1.165) is 161 Å². The van der Waals surface area contributed by atoms with E-state index in [1.165, 1.54) is 38.5 Å². The molecule has 0 aromatic carbocycles. The highest BCUT2D eigenvalue weighted by atomic mass is 31.2. The van der Waals surface area contributed by atoms with Gasteiger partial charge in [-0.1, -0.05) is 286 Å². The van der Waals surface area contributed by atoms with Crippen molar-refractivity contribution in [3.8, 4) is 0 Å². The molecule has 5 unspecified atom stereocenters. The van der Waals surface area contributed by atoms with Gasteiger partial charge in [0.15, 0.2) is 6.10 Å². The molecule has 0 spiro atoms. The van der Waals surface area contributed by atoms with E-state index in [0.29, 0.717) is 25.7 Å². The zero-order chi connectivity index (χ0) is 75.2. The SMILES string of the molecule is CC/C=C\C/C=C\C/C=C\C/C=C\C/C=C\C/C=C\CCCCCCC(=O)OCC(COP(=O)(O)OCC(O)COP(=O)(O)OCC(O)COC(=O)CCCCCCCCCCCCC/C=C\C/C=C\C/C=C\C/C=C\C/C=C\CC)OC(=O)CCC/C=C\C/C=C\C/C=C\C/C=C\C/C=C\CC. The Labute approximate surface area is 623 Å². The number of aliphatic hydroxyl groups is 2. The fourth-order valence-electron chi connectivity index (χ4n) is 9.52. The van der Waals surface area contributed by atoms with Crippen molar-refractivity contribution in [2.75, 3.05) is 39.6 Å². The molecular formula is C85H136O16P2. The lowest BCUT2D eigenvalue weighted by molar-refractivity contribution is -0.161. The summed E-state index contributed by atoms with van der Waals surface area (Å²) in [4.78, 5) is 58.6. The molecule has 0 amide bonds. The van der Waals surface area contributed by atoms with E-state index in [4.69, 9.17) is 32.3 Å². The topological polar surface area (TPSA) is 231 Å². The zero-order valence-electron chi connectivity index (χ0n) is 63.4. The molecule has 16 nitrogen and oxygen atoms in total. The molecule has 0 aliphatic carbocycles. The lowest BCUT2D eigenvalue weighted by Crippen LogP contribution is -2.30. The van der Waals surface area contributed by atoms with E-state index >= 15 is 0 Å². The van der Waals surface area contributed by atoms with E-state index < -0.39 is 91.5 Å². The number of aliphatic hydroxyl groups excluding tert-OH is 2. The largest absolute Gasteiger partial charge is 0.472 e. The van der Waals surface area contributed by atoms with Crippen LogP contribution in [-0.4, -0.2) is 95.9 Å². The lowest BCUT2D eigenvalue weighted by Gasteiger charge is -2.21. The summed E-state index contributed by atoms with van der Waals surface area (Å²) < 4.78 is 61.0. The van der Waals surface area contributed by atoms with Crippen LogP contribution >= 0.6 is 15.6 Å². The first-order chi connectivity index (χ1) is 50.2. The van der Waals surface area contributed by atoms with Crippen LogP contribution in [0.5, 0.6) is 0 Å². The highest BCUT2D eigenvalue weighted by Crippen LogP contribution is 2.45. The number of allylic oxidation sites excluding steroid dienone is 32. The van der Waals surface area contributed by atoms with Gasteiger partial charge in [0.25, 0.3) is 0 Å². The fourth-order valence-corrected chi connectivity index (χ4v) is 11.1. The van der Waals surface area contributed by atoms with Gasteiger partial charge in [0.05, 0.1) is 26.4 Å². The third-order valence-electron chi connectivity index (χ3n) is 15.3. The van der Waals surface area contributed by atoms with Crippen molar-refractivity contribution in [2.45, 2.75) is 283 Å². The van der Waals surface area contributed by atoms with Crippen LogP contribution in [0.25, 0.3) is 0 Å². The summed E-state index contributed by atoms with van der Waals surface area (Å²) in [6.07, 6.45) is 99.1. The predicted molar refractivity (Wildman–Crippen MR) is 426 cm³/mol. The highest BCUT2D eigenvalue weighted by molar-refractivity contribution is 7.47. The maximum absolute atomic E-state index is 13.0. The van der Waals surface area contributed by atoms with E-state index in [1.807, 2.05) is 12.2 Å².